The number of carbonyl (C=O) groups excluding carboxylic acids is 1. The van der Waals surface area contributed by atoms with Crippen LogP contribution >= 0.6 is 11.3 Å². The Kier molecular flexibility index (Phi) is 5.41. The van der Waals surface area contributed by atoms with E-state index in [1.54, 1.807) is 25.6 Å². The summed E-state index contributed by atoms with van der Waals surface area (Å²) in [5, 5.41) is 3.00. The minimum atomic E-state index is 0.00265. The number of rotatable bonds is 5. The normalized spacial score (nSPS) is 13.8. The highest BCUT2D eigenvalue weighted by Gasteiger charge is 2.16. The van der Waals surface area contributed by atoms with Crippen molar-refractivity contribution in [1.82, 2.24) is 5.32 Å². The molecule has 1 aliphatic rings. The van der Waals surface area contributed by atoms with Gasteiger partial charge in [0.05, 0.1) is 19.1 Å². The first kappa shape index (κ1) is 16.8. The molecule has 1 aromatic heterocycles. The fourth-order valence-corrected chi connectivity index (χ4v) is 4.21. The first-order chi connectivity index (χ1) is 11.7. The van der Waals surface area contributed by atoms with Gasteiger partial charge in [-0.3, -0.25) is 4.79 Å². The van der Waals surface area contributed by atoms with E-state index in [1.165, 1.54) is 29.7 Å². The molecule has 0 bridgehead atoms. The second kappa shape index (κ2) is 7.71. The van der Waals surface area contributed by atoms with Crippen molar-refractivity contribution in [3.63, 3.8) is 0 Å². The van der Waals surface area contributed by atoms with Gasteiger partial charge in [0.2, 0.25) is 0 Å². The van der Waals surface area contributed by atoms with E-state index in [-0.39, 0.29) is 5.91 Å². The molecule has 128 valence electrons. The van der Waals surface area contributed by atoms with E-state index < -0.39 is 0 Å². The Morgan fingerprint density at radius 1 is 1.08 bits per heavy atom. The van der Waals surface area contributed by atoms with Crippen LogP contribution in [0.4, 0.5) is 0 Å². The van der Waals surface area contributed by atoms with Crippen molar-refractivity contribution in [3.8, 4) is 11.5 Å². The average Bonchev–Trinajstić information content (AvgIpc) is 2.90. The van der Waals surface area contributed by atoms with Crippen LogP contribution in [0.5, 0.6) is 11.5 Å². The van der Waals surface area contributed by atoms with E-state index >= 15 is 0 Å². The van der Waals surface area contributed by atoms with E-state index in [0.29, 0.717) is 18.0 Å². The molecule has 24 heavy (non-hydrogen) atoms. The number of hydrogen-bond acceptors (Lipinski definition) is 4. The molecule has 0 saturated carbocycles. The molecule has 0 radical (unpaired) electrons. The molecule has 4 nitrogen and oxygen atoms in total. The van der Waals surface area contributed by atoms with Gasteiger partial charge in [-0.15, -0.1) is 11.3 Å². The molecule has 1 heterocycles. The summed E-state index contributed by atoms with van der Waals surface area (Å²) in [6.07, 6.45) is 5.98. The molecule has 1 amide bonds. The van der Waals surface area contributed by atoms with Crippen molar-refractivity contribution in [2.45, 2.75) is 38.6 Å². The fraction of sp³-hybridized carbons (Fsp3) is 0.421. The first-order valence-electron chi connectivity index (χ1n) is 8.32. The standard InChI is InChI=1S/C19H23NO3S/c1-22-15-9-8-13(10-16(15)23-2)12-20-19(21)18-11-14-6-4-3-5-7-17(14)24-18/h8-11H,3-7,12H2,1-2H3,(H,20,21). The minimum absolute atomic E-state index is 0.00265. The Hall–Kier alpha value is -2.01. The Morgan fingerprint density at radius 3 is 2.67 bits per heavy atom. The maximum atomic E-state index is 12.4. The SMILES string of the molecule is COc1ccc(CNC(=O)c2cc3c(s2)CCCCC3)cc1OC. The summed E-state index contributed by atoms with van der Waals surface area (Å²) < 4.78 is 10.5. The third-order valence-corrected chi connectivity index (χ3v) is 5.61. The molecule has 5 heteroatoms. The summed E-state index contributed by atoms with van der Waals surface area (Å²) in [7, 11) is 3.22. The maximum Gasteiger partial charge on any atom is 0.261 e. The Bertz CT molecular complexity index is 700. The van der Waals surface area contributed by atoms with Crippen LogP contribution in [0, 0.1) is 0 Å². The summed E-state index contributed by atoms with van der Waals surface area (Å²) in [5.41, 5.74) is 2.35. The summed E-state index contributed by atoms with van der Waals surface area (Å²) in [5.74, 6) is 1.37. The van der Waals surface area contributed by atoms with Crippen molar-refractivity contribution in [3.05, 3.63) is 45.1 Å². The minimum Gasteiger partial charge on any atom is -0.493 e. The van der Waals surface area contributed by atoms with Crippen LogP contribution in [0.3, 0.4) is 0 Å². The van der Waals surface area contributed by atoms with Crippen LogP contribution in [0.25, 0.3) is 0 Å². The largest absolute Gasteiger partial charge is 0.493 e. The molecule has 0 spiro atoms. The molecule has 1 aliphatic carbocycles. The smallest absolute Gasteiger partial charge is 0.261 e. The number of carbonyl (C=O) groups is 1. The van der Waals surface area contributed by atoms with Gasteiger partial charge in [-0.25, -0.2) is 0 Å². The van der Waals surface area contributed by atoms with Crippen molar-refractivity contribution in [2.75, 3.05) is 14.2 Å². The number of hydrogen-bond donors (Lipinski definition) is 1. The third kappa shape index (κ3) is 3.73. The molecule has 0 unspecified atom stereocenters. The first-order valence-corrected chi connectivity index (χ1v) is 9.13. The molecule has 0 atom stereocenters. The zero-order valence-electron chi connectivity index (χ0n) is 14.2. The number of ether oxygens (including phenoxy) is 2. The van der Waals surface area contributed by atoms with Crippen molar-refractivity contribution >= 4 is 17.2 Å². The number of methoxy groups -OCH3 is 2. The highest BCUT2D eigenvalue weighted by molar-refractivity contribution is 7.14. The summed E-state index contributed by atoms with van der Waals surface area (Å²) in [6, 6.07) is 7.76. The molecular weight excluding hydrogens is 322 g/mol. The molecule has 2 aromatic rings. The third-order valence-electron chi connectivity index (χ3n) is 4.37. The van der Waals surface area contributed by atoms with Crippen LogP contribution in [0.2, 0.25) is 0 Å². The molecule has 0 aliphatic heterocycles. The number of amides is 1. The lowest BCUT2D eigenvalue weighted by atomic mass is 10.1. The zero-order valence-corrected chi connectivity index (χ0v) is 15.0. The topological polar surface area (TPSA) is 47.6 Å². The maximum absolute atomic E-state index is 12.4. The molecule has 1 N–H and O–H groups in total. The average molecular weight is 345 g/mol. The quantitative estimate of drug-likeness (QED) is 0.834. The van der Waals surface area contributed by atoms with Crippen molar-refractivity contribution < 1.29 is 14.3 Å². The van der Waals surface area contributed by atoms with E-state index in [1.807, 2.05) is 18.2 Å². The highest BCUT2D eigenvalue weighted by atomic mass is 32.1. The van der Waals surface area contributed by atoms with Crippen LogP contribution in [0.15, 0.2) is 24.3 Å². The summed E-state index contributed by atoms with van der Waals surface area (Å²) in [6.45, 7) is 0.474. The molecule has 0 fully saturated rings. The molecule has 0 saturated heterocycles. The van der Waals surface area contributed by atoms with Gasteiger partial charge in [0.25, 0.3) is 5.91 Å². The lowest BCUT2D eigenvalue weighted by molar-refractivity contribution is 0.0955. The van der Waals surface area contributed by atoms with Gasteiger partial charge < -0.3 is 14.8 Å². The van der Waals surface area contributed by atoms with Crippen LogP contribution in [-0.4, -0.2) is 20.1 Å². The summed E-state index contributed by atoms with van der Waals surface area (Å²) in [4.78, 5) is 14.7. The zero-order chi connectivity index (χ0) is 16.9. The number of aryl methyl sites for hydroxylation is 2. The highest BCUT2D eigenvalue weighted by Crippen LogP contribution is 2.29. The van der Waals surface area contributed by atoms with Crippen LogP contribution in [0.1, 0.15) is 44.9 Å². The fourth-order valence-electron chi connectivity index (χ4n) is 3.04. The van der Waals surface area contributed by atoms with Gasteiger partial charge in [-0.2, -0.15) is 0 Å². The molecular formula is C19H23NO3S. The van der Waals surface area contributed by atoms with Crippen molar-refractivity contribution in [1.29, 1.82) is 0 Å². The van der Waals surface area contributed by atoms with E-state index in [0.717, 1.165) is 23.3 Å². The number of benzene rings is 1. The van der Waals surface area contributed by atoms with Gasteiger partial charge in [0.1, 0.15) is 0 Å². The van der Waals surface area contributed by atoms with Gasteiger partial charge in [0, 0.05) is 11.4 Å². The van der Waals surface area contributed by atoms with Gasteiger partial charge in [0.15, 0.2) is 11.5 Å². The molecule has 3 rings (SSSR count). The number of nitrogens with one attached hydrogen (secondary N) is 1. The van der Waals surface area contributed by atoms with Gasteiger partial charge in [-0.05, 0) is 55.0 Å². The van der Waals surface area contributed by atoms with Gasteiger partial charge >= 0.3 is 0 Å². The van der Waals surface area contributed by atoms with Gasteiger partial charge in [-0.1, -0.05) is 12.5 Å². The lowest BCUT2D eigenvalue weighted by Gasteiger charge is -2.10. The predicted octanol–water partition coefficient (Wildman–Crippen LogP) is 3.96. The predicted molar refractivity (Wildman–Crippen MR) is 96.3 cm³/mol. The Balaban J connectivity index is 1.65. The van der Waals surface area contributed by atoms with E-state index in [4.69, 9.17) is 9.47 Å². The van der Waals surface area contributed by atoms with E-state index in [9.17, 15) is 4.79 Å². The Morgan fingerprint density at radius 2 is 1.88 bits per heavy atom. The second-order valence-electron chi connectivity index (χ2n) is 5.99. The summed E-state index contributed by atoms with van der Waals surface area (Å²) >= 11 is 1.65. The monoisotopic (exact) mass is 345 g/mol. The lowest BCUT2D eigenvalue weighted by Crippen LogP contribution is -2.21. The second-order valence-corrected chi connectivity index (χ2v) is 7.13. The van der Waals surface area contributed by atoms with E-state index in [2.05, 4.69) is 11.4 Å². The van der Waals surface area contributed by atoms with Crippen LogP contribution in [-0.2, 0) is 19.4 Å². The Labute approximate surface area is 146 Å². The van der Waals surface area contributed by atoms with Crippen LogP contribution < -0.4 is 14.8 Å². The molecule has 1 aromatic carbocycles. The number of thiophene rings is 1. The number of fused-ring (bicyclic) bond motifs is 1. The van der Waals surface area contributed by atoms with Crippen molar-refractivity contribution in [2.24, 2.45) is 0 Å².